The second-order valence-electron chi connectivity index (χ2n) is 7.58. The van der Waals surface area contributed by atoms with Crippen LogP contribution >= 0.6 is 0 Å². The Bertz CT molecular complexity index is 816. The molecule has 3 heteroatoms. The first-order valence-corrected chi connectivity index (χ1v) is 9.27. The lowest BCUT2D eigenvalue weighted by Crippen LogP contribution is -2.01. The minimum absolute atomic E-state index is 0.165. The Kier molecular flexibility index (Phi) is 6.73. The lowest BCUT2D eigenvalue weighted by molar-refractivity contribution is 0.435. The van der Waals surface area contributed by atoms with E-state index in [2.05, 4.69) is 26.0 Å². The molecule has 144 valence electrons. The number of ether oxygens (including phenoxy) is 1. The number of rotatable bonds is 6. The zero-order chi connectivity index (χ0) is 20.1. The summed E-state index contributed by atoms with van der Waals surface area (Å²) >= 11 is 0. The van der Waals surface area contributed by atoms with Crippen LogP contribution in [0.2, 0.25) is 0 Å². The van der Waals surface area contributed by atoms with Crippen LogP contribution in [0, 0.1) is 13.8 Å². The molecule has 0 aromatic heterocycles. The molecule has 0 bridgehead atoms. The Morgan fingerprint density at radius 1 is 0.852 bits per heavy atom. The molecule has 0 amide bonds. The fraction of sp³-hybridized carbons (Fsp3) is 0.333. The molecule has 27 heavy (non-hydrogen) atoms. The van der Waals surface area contributed by atoms with Gasteiger partial charge in [-0.05, 0) is 83.7 Å². The SMILES string of the molecule is CC(C)=CCc1c(C)cc(O)c(CC=C(C)C)c1Oc1cc(C)cc(O)c1. The van der Waals surface area contributed by atoms with Crippen molar-refractivity contribution in [1.82, 2.24) is 0 Å². The highest BCUT2D eigenvalue weighted by Gasteiger charge is 2.18. The highest BCUT2D eigenvalue weighted by Crippen LogP contribution is 2.39. The van der Waals surface area contributed by atoms with Crippen molar-refractivity contribution in [3.8, 4) is 23.0 Å². The number of hydrogen-bond acceptors (Lipinski definition) is 3. The summed E-state index contributed by atoms with van der Waals surface area (Å²) in [5.41, 5.74) is 6.12. The zero-order valence-electron chi connectivity index (χ0n) is 17.2. The summed E-state index contributed by atoms with van der Waals surface area (Å²) < 4.78 is 6.25. The van der Waals surface area contributed by atoms with E-state index in [9.17, 15) is 10.2 Å². The molecular formula is C24H30O3. The van der Waals surface area contributed by atoms with Gasteiger partial charge in [-0.1, -0.05) is 23.3 Å². The summed E-state index contributed by atoms with van der Waals surface area (Å²) in [6.07, 6.45) is 5.55. The third kappa shape index (κ3) is 5.65. The number of phenols is 2. The van der Waals surface area contributed by atoms with Crippen LogP contribution in [0.15, 0.2) is 47.6 Å². The van der Waals surface area contributed by atoms with Crippen molar-refractivity contribution in [2.24, 2.45) is 0 Å². The Morgan fingerprint density at radius 2 is 1.44 bits per heavy atom. The van der Waals surface area contributed by atoms with Crippen molar-refractivity contribution in [3.63, 3.8) is 0 Å². The normalized spacial score (nSPS) is 10.4. The second-order valence-corrected chi connectivity index (χ2v) is 7.58. The van der Waals surface area contributed by atoms with Gasteiger partial charge < -0.3 is 14.9 Å². The van der Waals surface area contributed by atoms with E-state index in [1.807, 2.05) is 39.8 Å². The predicted octanol–water partition coefficient (Wildman–Crippen LogP) is 6.52. The Balaban J connectivity index is 2.63. The maximum absolute atomic E-state index is 10.6. The van der Waals surface area contributed by atoms with Gasteiger partial charge in [0.25, 0.3) is 0 Å². The van der Waals surface area contributed by atoms with Gasteiger partial charge in [-0.3, -0.25) is 0 Å². The van der Waals surface area contributed by atoms with Crippen molar-refractivity contribution in [2.75, 3.05) is 0 Å². The summed E-state index contributed by atoms with van der Waals surface area (Å²) in [6.45, 7) is 12.1. The highest BCUT2D eigenvalue weighted by molar-refractivity contribution is 5.56. The quantitative estimate of drug-likeness (QED) is 0.572. The number of phenolic OH excluding ortho intramolecular Hbond substituents is 2. The summed E-state index contributed by atoms with van der Waals surface area (Å²) in [6, 6.07) is 6.98. The average Bonchev–Trinajstić information content (AvgIpc) is 2.52. The van der Waals surface area contributed by atoms with E-state index in [1.54, 1.807) is 12.1 Å². The van der Waals surface area contributed by atoms with Gasteiger partial charge in [0.05, 0.1) is 0 Å². The van der Waals surface area contributed by atoms with Gasteiger partial charge in [0.15, 0.2) is 0 Å². The molecule has 0 unspecified atom stereocenters. The molecule has 3 nitrogen and oxygen atoms in total. The molecule has 0 aliphatic rings. The largest absolute Gasteiger partial charge is 0.508 e. The van der Waals surface area contributed by atoms with Crippen LogP contribution in [-0.2, 0) is 12.8 Å². The van der Waals surface area contributed by atoms with Crippen LogP contribution < -0.4 is 4.74 Å². The monoisotopic (exact) mass is 366 g/mol. The smallest absolute Gasteiger partial charge is 0.138 e. The third-order valence-electron chi connectivity index (χ3n) is 4.37. The maximum atomic E-state index is 10.6. The molecule has 0 saturated carbocycles. The minimum atomic E-state index is 0.165. The molecule has 0 fully saturated rings. The first-order valence-electron chi connectivity index (χ1n) is 9.27. The first-order chi connectivity index (χ1) is 12.7. The van der Waals surface area contributed by atoms with Crippen LogP contribution in [0.3, 0.4) is 0 Å². The lowest BCUT2D eigenvalue weighted by Gasteiger charge is -2.19. The molecule has 2 aromatic rings. The predicted molar refractivity (Wildman–Crippen MR) is 112 cm³/mol. The van der Waals surface area contributed by atoms with Gasteiger partial charge in [-0.25, -0.2) is 0 Å². The second kappa shape index (κ2) is 8.81. The summed E-state index contributed by atoms with van der Waals surface area (Å²) in [5, 5.41) is 20.5. The topological polar surface area (TPSA) is 49.7 Å². The molecule has 2 rings (SSSR count). The Labute approximate surface area is 162 Å². The van der Waals surface area contributed by atoms with Crippen LogP contribution in [0.4, 0.5) is 0 Å². The van der Waals surface area contributed by atoms with E-state index in [0.29, 0.717) is 17.9 Å². The Hall–Kier alpha value is -2.68. The number of aryl methyl sites for hydroxylation is 2. The average molecular weight is 367 g/mol. The summed E-state index contributed by atoms with van der Waals surface area (Å²) in [5.74, 6) is 1.64. The van der Waals surface area contributed by atoms with Crippen LogP contribution in [-0.4, -0.2) is 10.2 Å². The molecular weight excluding hydrogens is 336 g/mol. The Morgan fingerprint density at radius 3 is 2.00 bits per heavy atom. The molecule has 0 saturated heterocycles. The zero-order valence-corrected chi connectivity index (χ0v) is 17.2. The molecule has 0 radical (unpaired) electrons. The van der Waals surface area contributed by atoms with Crippen LogP contribution in [0.1, 0.15) is 49.9 Å². The number of hydrogen-bond donors (Lipinski definition) is 2. The van der Waals surface area contributed by atoms with Crippen molar-refractivity contribution in [3.05, 3.63) is 69.8 Å². The van der Waals surface area contributed by atoms with Gasteiger partial charge >= 0.3 is 0 Å². The number of benzene rings is 2. The molecule has 0 atom stereocenters. The minimum Gasteiger partial charge on any atom is -0.508 e. The van der Waals surface area contributed by atoms with Gasteiger partial charge in [-0.15, -0.1) is 0 Å². The van der Waals surface area contributed by atoms with E-state index in [1.165, 1.54) is 11.1 Å². The van der Waals surface area contributed by atoms with Crippen molar-refractivity contribution in [2.45, 2.75) is 54.4 Å². The summed E-state index contributed by atoms with van der Waals surface area (Å²) in [7, 11) is 0. The first kappa shape index (κ1) is 20.6. The fourth-order valence-electron chi connectivity index (χ4n) is 2.95. The van der Waals surface area contributed by atoms with E-state index in [4.69, 9.17) is 4.74 Å². The standard InChI is InChI=1S/C24H30O3/c1-15(2)7-9-21-18(6)13-23(26)22(10-8-16(3)4)24(21)27-20-12-17(5)11-19(25)14-20/h7-8,11-14,25-26H,9-10H2,1-6H3. The number of allylic oxidation sites excluding steroid dienone is 4. The fourth-order valence-corrected chi connectivity index (χ4v) is 2.95. The van der Waals surface area contributed by atoms with Gasteiger partial charge in [0, 0.05) is 17.2 Å². The summed E-state index contributed by atoms with van der Waals surface area (Å²) in [4.78, 5) is 0. The molecule has 0 aliphatic heterocycles. The van der Waals surface area contributed by atoms with Gasteiger partial charge in [0.1, 0.15) is 23.0 Å². The molecule has 2 N–H and O–H groups in total. The maximum Gasteiger partial charge on any atom is 0.138 e. The molecule has 2 aromatic carbocycles. The molecule has 0 spiro atoms. The van der Waals surface area contributed by atoms with E-state index in [-0.39, 0.29) is 11.5 Å². The molecule has 0 heterocycles. The van der Waals surface area contributed by atoms with Crippen molar-refractivity contribution < 1.29 is 14.9 Å². The van der Waals surface area contributed by atoms with Gasteiger partial charge in [-0.2, -0.15) is 0 Å². The van der Waals surface area contributed by atoms with E-state index in [0.717, 1.165) is 28.7 Å². The van der Waals surface area contributed by atoms with Crippen molar-refractivity contribution >= 4 is 0 Å². The molecule has 0 aliphatic carbocycles. The van der Waals surface area contributed by atoms with E-state index < -0.39 is 0 Å². The number of aromatic hydroxyl groups is 2. The van der Waals surface area contributed by atoms with Gasteiger partial charge in [0.2, 0.25) is 0 Å². The van der Waals surface area contributed by atoms with Crippen LogP contribution in [0.25, 0.3) is 0 Å². The third-order valence-corrected chi connectivity index (χ3v) is 4.37. The van der Waals surface area contributed by atoms with E-state index >= 15 is 0 Å². The highest BCUT2D eigenvalue weighted by atomic mass is 16.5. The lowest BCUT2D eigenvalue weighted by atomic mass is 9.96. The van der Waals surface area contributed by atoms with Crippen molar-refractivity contribution in [1.29, 1.82) is 0 Å². The van der Waals surface area contributed by atoms with Crippen LogP contribution in [0.5, 0.6) is 23.0 Å².